The van der Waals surface area contributed by atoms with Crippen molar-refractivity contribution in [1.29, 1.82) is 0 Å². The lowest BCUT2D eigenvalue weighted by molar-refractivity contribution is -0.0139. The van der Waals surface area contributed by atoms with E-state index in [1.54, 1.807) is 7.11 Å². The van der Waals surface area contributed by atoms with Crippen molar-refractivity contribution >= 4 is 16.7 Å². The van der Waals surface area contributed by atoms with E-state index in [-0.39, 0.29) is 0 Å². The molecule has 5 nitrogen and oxygen atoms in total. The van der Waals surface area contributed by atoms with Crippen LogP contribution in [-0.4, -0.2) is 47.5 Å². The van der Waals surface area contributed by atoms with Crippen LogP contribution in [0, 0.1) is 0 Å². The number of methoxy groups -OCH3 is 1. The summed E-state index contributed by atoms with van der Waals surface area (Å²) in [6.07, 6.45) is 3.08. The topological polar surface area (TPSA) is 58.5 Å². The minimum atomic E-state index is -0.777. The van der Waals surface area contributed by atoms with Gasteiger partial charge < -0.3 is 14.7 Å². The lowest BCUT2D eigenvalue weighted by atomic mass is 10.1. The molecule has 1 saturated carbocycles. The molecule has 2 heterocycles. The van der Waals surface area contributed by atoms with Crippen molar-refractivity contribution in [1.82, 2.24) is 9.97 Å². The minimum absolute atomic E-state index is 0.363. The van der Waals surface area contributed by atoms with Gasteiger partial charge in [-0.3, -0.25) is 0 Å². The van der Waals surface area contributed by atoms with Gasteiger partial charge in [-0.05, 0) is 31.4 Å². The fraction of sp³-hybridized carbons (Fsp3) is 0.529. The van der Waals surface area contributed by atoms with E-state index in [1.165, 1.54) is 12.8 Å². The molecule has 4 rings (SSSR count). The lowest BCUT2D eigenvalue weighted by Gasteiger charge is -2.24. The number of hydrogen-bond acceptors (Lipinski definition) is 5. The van der Waals surface area contributed by atoms with E-state index in [4.69, 9.17) is 14.7 Å². The van der Waals surface area contributed by atoms with E-state index in [9.17, 15) is 5.11 Å². The molecule has 1 aliphatic carbocycles. The molecule has 1 atom stereocenters. The van der Waals surface area contributed by atoms with E-state index in [0.29, 0.717) is 25.5 Å². The highest BCUT2D eigenvalue weighted by Crippen LogP contribution is 2.40. The summed E-state index contributed by atoms with van der Waals surface area (Å²) >= 11 is 0. The Hall–Kier alpha value is -1.72. The summed E-state index contributed by atoms with van der Waals surface area (Å²) in [5.74, 6) is 2.43. The highest BCUT2D eigenvalue weighted by Gasteiger charge is 2.38. The van der Waals surface area contributed by atoms with Crippen LogP contribution < -0.4 is 4.90 Å². The molecule has 1 saturated heterocycles. The van der Waals surface area contributed by atoms with Crippen LogP contribution in [0.25, 0.3) is 10.9 Å². The van der Waals surface area contributed by atoms with Crippen LogP contribution in [0.1, 0.15) is 31.0 Å². The zero-order valence-electron chi connectivity index (χ0n) is 12.8. The van der Waals surface area contributed by atoms with Gasteiger partial charge in [0.05, 0.1) is 18.7 Å². The van der Waals surface area contributed by atoms with Crippen molar-refractivity contribution in [2.45, 2.75) is 30.8 Å². The van der Waals surface area contributed by atoms with Crippen LogP contribution in [0.5, 0.6) is 0 Å². The van der Waals surface area contributed by atoms with E-state index in [2.05, 4.69) is 11.0 Å². The van der Waals surface area contributed by atoms with E-state index >= 15 is 0 Å². The Bertz CT molecular complexity index is 701. The van der Waals surface area contributed by atoms with Crippen LogP contribution in [0.3, 0.4) is 0 Å². The number of nitrogens with zero attached hydrogens (tertiary/aromatic N) is 3. The van der Waals surface area contributed by atoms with Crippen molar-refractivity contribution in [2.24, 2.45) is 0 Å². The van der Waals surface area contributed by atoms with Crippen LogP contribution in [-0.2, 0) is 4.74 Å². The summed E-state index contributed by atoms with van der Waals surface area (Å²) in [5, 5.41) is 11.6. The molecule has 0 radical (unpaired) electrons. The maximum Gasteiger partial charge on any atom is 0.140 e. The molecule has 1 unspecified atom stereocenters. The lowest BCUT2D eigenvalue weighted by Crippen LogP contribution is -2.37. The highest BCUT2D eigenvalue weighted by molar-refractivity contribution is 5.89. The molecule has 2 fully saturated rings. The second-order valence-electron chi connectivity index (χ2n) is 6.53. The average molecular weight is 299 g/mol. The number of hydrogen-bond donors (Lipinski definition) is 1. The van der Waals surface area contributed by atoms with Gasteiger partial charge in [0, 0.05) is 25.0 Å². The molecular formula is C17H21N3O2. The normalized spacial score (nSPS) is 25.1. The molecule has 2 aliphatic rings. The molecule has 116 valence electrons. The number of benzene rings is 1. The first-order valence-corrected chi connectivity index (χ1v) is 7.91. The van der Waals surface area contributed by atoms with Gasteiger partial charge >= 0.3 is 0 Å². The van der Waals surface area contributed by atoms with Crippen LogP contribution in [0.15, 0.2) is 24.3 Å². The molecule has 2 aromatic rings. The average Bonchev–Trinajstić information content (AvgIpc) is 3.30. The number of anilines is 1. The van der Waals surface area contributed by atoms with E-state index in [0.717, 1.165) is 29.1 Å². The second-order valence-corrected chi connectivity index (χ2v) is 6.53. The van der Waals surface area contributed by atoms with Crippen molar-refractivity contribution < 1.29 is 9.84 Å². The molecule has 0 amide bonds. The summed E-state index contributed by atoms with van der Waals surface area (Å²) in [6, 6.07) is 8.14. The SMILES string of the molecule is COCC1(O)CCN(c2nc(C3CC3)nc3ccccc23)C1. The minimum Gasteiger partial charge on any atom is -0.386 e. The summed E-state index contributed by atoms with van der Waals surface area (Å²) in [5.41, 5.74) is 0.220. The number of fused-ring (bicyclic) bond motifs is 1. The van der Waals surface area contributed by atoms with Gasteiger partial charge in [-0.1, -0.05) is 12.1 Å². The fourth-order valence-electron chi connectivity index (χ4n) is 3.27. The Balaban J connectivity index is 1.74. The Kier molecular flexibility index (Phi) is 3.27. The quantitative estimate of drug-likeness (QED) is 0.937. The van der Waals surface area contributed by atoms with Gasteiger partial charge in [0.25, 0.3) is 0 Å². The Morgan fingerprint density at radius 2 is 2.14 bits per heavy atom. The van der Waals surface area contributed by atoms with Crippen molar-refractivity contribution in [3.8, 4) is 0 Å². The molecule has 1 aromatic carbocycles. The number of aliphatic hydroxyl groups is 1. The van der Waals surface area contributed by atoms with Gasteiger partial charge in [0.2, 0.25) is 0 Å². The Morgan fingerprint density at radius 3 is 2.91 bits per heavy atom. The molecule has 1 aliphatic heterocycles. The van der Waals surface area contributed by atoms with Gasteiger partial charge in [-0.25, -0.2) is 9.97 Å². The number of ether oxygens (including phenoxy) is 1. The van der Waals surface area contributed by atoms with Crippen LogP contribution in [0.2, 0.25) is 0 Å². The number of β-amino-alcohol motifs (C(OH)–C–C–N with tert-alkyl or cyclic N) is 1. The van der Waals surface area contributed by atoms with Gasteiger partial charge in [-0.2, -0.15) is 0 Å². The largest absolute Gasteiger partial charge is 0.386 e. The number of rotatable bonds is 4. The number of aromatic nitrogens is 2. The standard InChI is InChI=1S/C17H21N3O2/c1-22-11-17(21)8-9-20(10-17)16-13-4-2-3-5-14(13)18-15(19-16)12-6-7-12/h2-5,12,21H,6-11H2,1H3. The highest BCUT2D eigenvalue weighted by atomic mass is 16.5. The molecule has 1 aromatic heterocycles. The molecule has 22 heavy (non-hydrogen) atoms. The summed E-state index contributed by atoms with van der Waals surface area (Å²) in [7, 11) is 1.63. The van der Waals surface area contributed by atoms with Gasteiger partial charge in [0.1, 0.15) is 17.2 Å². The van der Waals surface area contributed by atoms with Gasteiger partial charge in [-0.15, -0.1) is 0 Å². The zero-order valence-corrected chi connectivity index (χ0v) is 12.8. The fourth-order valence-corrected chi connectivity index (χ4v) is 3.27. The van der Waals surface area contributed by atoms with Crippen molar-refractivity contribution in [3.63, 3.8) is 0 Å². The first kappa shape index (κ1) is 13.9. The smallest absolute Gasteiger partial charge is 0.140 e. The summed E-state index contributed by atoms with van der Waals surface area (Å²) in [6.45, 7) is 1.72. The molecule has 0 spiro atoms. The third-order valence-corrected chi connectivity index (χ3v) is 4.59. The second kappa shape index (κ2) is 5.18. The molecule has 5 heteroatoms. The third kappa shape index (κ3) is 2.44. The van der Waals surface area contributed by atoms with E-state index < -0.39 is 5.60 Å². The van der Waals surface area contributed by atoms with Crippen LogP contribution in [0.4, 0.5) is 5.82 Å². The predicted octanol–water partition coefficient (Wildman–Crippen LogP) is 2.09. The molecule has 0 bridgehead atoms. The first-order chi connectivity index (χ1) is 10.7. The Labute approximate surface area is 129 Å². The third-order valence-electron chi connectivity index (χ3n) is 4.59. The summed E-state index contributed by atoms with van der Waals surface area (Å²) < 4.78 is 5.16. The zero-order chi connectivity index (χ0) is 15.2. The van der Waals surface area contributed by atoms with E-state index in [1.807, 2.05) is 18.2 Å². The maximum atomic E-state index is 10.6. The van der Waals surface area contributed by atoms with Gasteiger partial charge in [0.15, 0.2) is 0 Å². The number of para-hydroxylation sites is 1. The van der Waals surface area contributed by atoms with Crippen molar-refractivity contribution in [3.05, 3.63) is 30.1 Å². The predicted molar refractivity (Wildman–Crippen MR) is 85.2 cm³/mol. The molecule has 1 N–H and O–H groups in total. The summed E-state index contributed by atoms with van der Waals surface area (Å²) in [4.78, 5) is 11.7. The van der Waals surface area contributed by atoms with Crippen molar-refractivity contribution in [2.75, 3.05) is 31.7 Å². The van der Waals surface area contributed by atoms with Crippen LogP contribution >= 0.6 is 0 Å². The maximum absolute atomic E-state index is 10.6. The monoisotopic (exact) mass is 299 g/mol. The Morgan fingerprint density at radius 1 is 1.32 bits per heavy atom. The molecular weight excluding hydrogens is 278 g/mol. The first-order valence-electron chi connectivity index (χ1n) is 7.91.